The maximum Gasteiger partial charge on any atom is 0.326 e. The van der Waals surface area contributed by atoms with E-state index in [-0.39, 0.29) is 12.8 Å². The lowest BCUT2D eigenvalue weighted by Crippen LogP contribution is -2.47. The van der Waals surface area contributed by atoms with Gasteiger partial charge in [0, 0.05) is 12.8 Å². The highest BCUT2D eigenvalue weighted by atomic mass is 16.4. The summed E-state index contributed by atoms with van der Waals surface area (Å²) in [6, 6.07) is -2.36. The summed E-state index contributed by atoms with van der Waals surface area (Å²) in [5.41, 5.74) is 0. The van der Waals surface area contributed by atoms with Crippen molar-refractivity contribution < 1.29 is 44.4 Å². The zero-order chi connectivity index (χ0) is 17.7. The van der Waals surface area contributed by atoms with E-state index in [1.54, 1.807) is 6.92 Å². The molecule has 2 amide bonds. The number of carboxylic acids is 4. The van der Waals surface area contributed by atoms with E-state index in [0.717, 1.165) is 0 Å². The summed E-state index contributed by atoms with van der Waals surface area (Å²) in [4.78, 5) is 51.3. The molecule has 0 spiro atoms. The Morgan fingerprint density at radius 3 is 1.73 bits per heavy atom. The van der Waals surface area contributed by atoms with Gasteiger partial charge in [0.15, 0.2) is 0 Å². The molecule has 0 radical (unpaired) electrons. The van der Waals surface area contributed by atoms with E-state index < -0.39 is 48.9 Å². The average molecular weight is 322 g/mol. The molecule has 0 aromatic carbocycles. The van der Waals surface area contributed by atoms with E-state index in [9.17, 15) is 24.0 Å². The van der Waals surface area contributed by atoms with Gasteiger partial charge >= 0.3 is 29.9 Å². The normalized spacial score (nSPS) is 10.4. The van der Waals surface area contributed by atoms with Crippen molar-refractivity contribution in [1.82, 2.24) is 10.6 Å². The van der Waals surface area contributed by atoms with Crippen LogP contribution in [0.25, 0.3) is 0 Å². The lowest BCUT2D eigenvalue weighted by molar-refractivity contribution is -0.141. The Hall–Kier alpha value is -2.85. The van der Waals surface area contributed by atoms with Crippen LogP contribution in [0, 0.1) is 0 Å². The van der Waals surface area contributed by atoms with Gasteiger partial charge in [-0.1, -0.05) is 6.92 Å². The molecule has 22 heavy (non-hydrogen) atoms. The summed E-state index contributed by atoms with van der Waals surface area (Å²) in [5.74, 6) is -4.61. The van der Waals surface area contributed by atoms with Crippen LogP contribution in [0.4, 0.5) is 4.79 Å². The molecular formula is C11H18N2O9. The van der Waals surface area contributed by atoms with E-state index in [1.165, 1.54) is 0 Å². The predicted octanol–water partition coefficient (Wildman–Crippen LogP) is -0.831. The molecule has 0 saturated carbocycles. The summed E-state index contributed by atoms with van der Waals surface area (Å²) >= 11 is 0. The highest BCUT2D eigenvalue weighted by molar-refractivity contribution is 5.85. The number of urea groups is 1. The SMILES string of the molecule is CCC(=O)O.O=C(O)CCC(NC(=O)NCC(=O)O)C(=O)O. The first-order valence-electron chi connectivity index (χ1n) is 6.02. The zero-order valence-corrected chi connectivity index (χ0v) is 11.7. The molecule has 0 aromatic rings. The Balaban J connectivity index is 0. The van der Waals surface area contributed by atoms with Crippen LogP contribution in [0.3, 0.4) is 0 Å². The van der Waals surface area contributed by atoms with Crippen LogP contribution >= 0.6 is 0 Å². The van der Waals surface area contributed by atoms with Crippen molar-refractivity contribution in [1.29, 1.82) is 0 Å². The van der Waals surface area contributed by atoms with Crippen molar-refractivity contribution in [2.75, 3.05) is 6.54 Å². The van der Waals surface area contributed by atoms with Crippen molar-refractivity contribution in [2.24, 2.45) is 0 Å². The zero-order valence-electron chi connectivity index (χ0n) is 11.7. The van der Waals surface area contributed by atoms with Crippen LogP contribution in [-0.4, -0.2) is 62.9 Å². The van der Waals surface area contributed by atoms with Crippen LogP contribution in [-0.2, 0) is 19.2 Å². The molecule has 6 N–H and O–H groups in total. The summed E-state index contributed by atoms with van der Waals surface area (Å²) in [6.07, 6.45) is -0.485. The Morgan fingerprint density at radius 1 is 0.909 bits per heavy atom. The number of rotatable bonds is 8. The molecule has 11 nitrogen and oxygen atoms in total. The fourth-order valence-electron chi connectivity index (χ4n) is 0.890. The largest absolute Gasteiger partial charge is 0.481 e. The Kier molecular flexibility index (Phi) is 11.6. The van der Waals surface area contributed by atoms with E-state index in [1.807, 2.05) is 10.6 Å². The van der Waals surface area contributed by atoms with Gasteiger partial charge < -0.3 is 31.1 Å². The number of carbonyl (C=O) groups excluding carboxylic acids is 1. The van der Waals surface area contributed by atoms with Crippen molar-refractivity contribution in [3.63, 3.8) is 0 Å². The maximum atomic E-state index is 11.0. The number of amides is 2. The number of hydrogen-bond acceptors (Lipinski definition) is 5. The van der Waals surface area contributed by atoms with E-state index >= 15 is 0 Å². The third-order valence-corrected chi connectivity index (χ3v) is 1.95. The molecule has 0 aliphatic heterocycles. The molecule has 0 aliphatic rings. The van der Waals surface area contributed by atoms with Gasteiger partial charge in [-0.05, 0) is 6.42 Å². The first-order chi connectivity index (χ1) is 10.1. The second-order valence-electron chi connectivity index (χ2n) is 3.79. The van der Waals surface area contributed by atoms with Gasteiger partial charge in [-0.2, -0.15) is 0 Å². The minimum Gasteiger partial charge on any atom is -0.481 e. The standard InChI is InChI=1S/C8H12N2O7.C3H6O2/c11-5(12)2-1-4(7(15)16)10-8(17)9-3-6(13)14;1-2-3(4)5/h4H,1-3H2,(H,11,12)(H,13,14)(H,15,16)(H2,9,10,17);2H2,1H3,(H,4,5). The Morgan fingerprint density at radius 2 is 1.41 bits per heavy atom. The van der Waals surface area contributed by atoms with Crippen LogP contribution in [0.1, 0.15) is 26.2 Å². The molecule has 1 unspecified atom stereocenters. The van der Waals surface area contributed by atoms with Crippen molar-refractivity contribution in [3.8, 4) is 0 Å². The fourth-order valence-corrected chi connectivity index (χ4v) is 0.890. The van der Waals surface area contributed by atoms with Gasteiger partial charge in [0.2, 0.25) is 0 Å². The minimum absolute atomic E-state index is 0.222. The summed E-state index contributed by atoms with van der Waals surface area (Å²) in [6.45, 7) is 0.944. The van der Waals surface area contributed by atoms with Gasteiger partial charge in [0.1, 0.15) is 12.6 Å². The second kappa shape index (κ2) is 11.9. The molecule has 1 atom stereocenters. The monoisotopic (exact) mass is 322 g/mol. The Bertz CT molecular complexity index is 422. The summed E-state index contributed by atoms with van der Waals surface area (Å²) < 4.78 is 0. The number of nitrogens with one attached hydrogen (secondary N) is 2. The quantitative estimate of drug-likeness (QED) is 0.331. The number of carboxylic acid groups (broad SMARTS) is 4. The topological polar surface area (TPSA) is 190 Å². The van der Waals surface area contributed by atoms with Gasteiger partial charge in [-0.15, -0.1) is 0 Å². The summed E-state index contributed by atoms with van der Waals surface area (Å²) in [5, 5.41) is 36.8. The third-order valence-electron chi connectivity index (χ3n) is 1.95. The Labute approximate surface area is 124 Å². The van der Waals surface area contributed by atoms with Gasteiger partial charge in [-0.25, -0.2) is 9.59 Å². The average Bonchev–Trinajstić information content (AvgIpc) is 2.41. The summed E-state index contributed by atoms with van der Waals surface area (Å²) in [7, 11) is 0. The predicted molar refractivity (Wildman–Crippen MR) is 70.4 cm³/mol. The molecule has 0 bridgehead atoms. The van der Waals surface area contributed by atoms with Gasteiger partial charge in [-0.3, -0.25) is 14.4 Å². The number of carbonyl (C=O) groups is 5. The lowest BCUT2D eigenvalue weighted by atomic mass is 10.1. The molecule has 0 fully saturated rings. The highest BCUT2D eigenvalue weighted by Crippen LogP contribution is 1.97. The van der Waals surface area contributed by atoms with Crippen LogP contribution in [0.15, 0.2) is 0 Å². The fraction of sp³-hybridized carbons (Fsp3) is 0.545. The van der Waals surface area contributed by atoms with Crippen LogP contribution in [0.5, 0.6) is 0 Å². The van der Waals surface area contributed by atoms with Gasteiger partial charge in [0.25, 0.3) is 0 Å². The molecule has 11 heteroatoms. The lowest BCUT2D eigenvalue weighted by Gasteiger charge is -2.13. The first-order valence-corrected chi connectivity index (χ1v) is 6.02. The molecule has 0 rings (SSSR count). The van der Waals surface area contributed by atoms with Crippen molar-refractivity contribution >= 4 is 29.9 Å². The van der Waals surface area contributed by atoms with Crippen LogP contribution in [0.2, 0.25) is 0 Å². The molecule has 0 saturated heterocycles. The molecule has 0 heterocycles. The maximum absolute atomic E-state index is 11.0. The molecule has 0 aliphatic carbocycles. The third kappa shape index (κ3) is 15.2. The molecule has 0 aromatic heterocycles. The smallest absolute Gasteiger partial charge is 0.326 e. The first kappa shape index (κ1) is 21.4. The van der Waals surface area contributed by atoms with Crippen LogP contribution < -0.4 is 10.6 Å². The van der Waals surface area contributed by atoms with Crippen molar-refractivity contribution in [3.05, 3.63) is 0 Å². The number of hydrogen-bond donors (Lipinski definition) is 6. The van der Waals surface area contributed by atoms with Crippen molar-refractivity contribution in [2.45, 2.75) is 32.2 Å². The highest BCUT2D eigenvalue weighted by Gasteiger charge is 2.20. The van der Waals surface area contributed by atoms with E-state index in [2.05, 4.69) is 0 Å². The second-order valence-corrected chi connectivity index (χ2v) is 3.79. The van der Waals surface area contributed by atoms with Gasteiger partial charge in [0.05, 0.1) is 0 Å². The molecular weight excluding hydrogens is 304 g/mol. The number of aliphatic carboxylic acids is 4. The molecule has 126 valence electrons. The van der Waals surface area contributed by atoms with E-state index in [4.69, 9.17) is 20.4 Å². The minimum atomic E-state index is -1.39. The van der Waals surface area contributed by atoms with E-state index in [0.29, 0.717) is 0 Å².